The molecular weight excluding hydrogens is 214 g/mol. The Morgan fingerprint density at radius 1 is 1.25 bits per heavy atom. The summed E-state index contributed by atoms with van der Waals surface area (Å²) in [5.41, 5.74) is 0. The van der Waals surface area contributed by atoms with E-state index in [9.17, 15) is 0 Å². The van der Waals surface area contributed by atoms with Crippen molar-refractivity contribution in [3.8, 4) is 0 Å². The summed E-state index contributed by atoms with van der Waals surface area (Å²) in [6.45, 7) is 9.14. The lowest BCUT2D eigenvalue weighted by Gasteiger charge is -2.24. The summed E-state index contributed by atoms with van der Waals surface area (Å²) in [6, 6.07) is 4.47. The second kappa shape index (κ2) is 7.86. The normalized spacial score (nSPS) is 13.2. The van der Waals surface area contributed by atoms with Gasteiger partial charge < -0.3 is 5.32 Å². The van der Waals surface area contributed by atoms with Crippen LogP contribution in [0.1, 0.15) is 50.8 Å². The summed E-state index contributed by atoms with van der Waals surface area (Å²) in [6.07, 6.45) is 3.79. The first kappa shape index (κ1) is 13.7. The van der Waals surface area contributed by atoms with E-state index in [1.807, 2.05) is 11.3 Å². The van der Waals surface area contributed by atoms with Gasteiger partial charge in [-0.05, 0) is 30.3 Å². The Labute approximate surface area is 104 Å². The van der Waals surface area contributed by atoms with Crippen LogP contribution in [0.4, 0.5) is 0 Å². The Hall–Kier alpha value is -0.340. The molecule has 0 saturated heterocycles. The number of hydrogen-bond acceptors (Lipinski definition) is 2. The van der Waals surface area contributed by atoms with Gasteiger partial charge in [0.15, 0.2) is 0 Å². The Kier molecular flexibility index (Phi) is 6.74. The average Bonchev–Trinajstić information content (AvgIpc) is 2.82. The molecule has 0 saturated carbocycles. The molecule has 1 unspecified atom stereocenters. The average molecular weight is 239 g/mol. The molecule has 0 fully saturated rings. The van der Waals surface area contributed by atoms with Crippen molar-refractivity contribution in [1.82, 2.24) is 5.32 Å². The molecule has 1 heterocycles. The van der Waals surface area contributed by atoms with Crippen LogP contribution in [0.5, 0.6) is 0 Å². The van der Waals surface area contributed by atoms with E-state index in [1.54, 1.807) is 4.88 Å². The predicted molar refractivity (Wildman–Crippen MR) is 74.3 cm³/mol. The Morgan fingerprint density at radius 3 is 2.50 bits per heavy atom. The molecule has 1 rings (SSSR count). The third-order valence-electron chi connectivity index (χ3n) is 3.32. The second-order valence-corrected chi connectivity index (χ2v) is 5.38. The van der Waals surface area contributed by atoms with Crippen LogP contribution in [0, 0.1) is 5.92 Å². The molecule has 1 N–H and O–H groups in total. The molecule has 0 radical (unpaired) electrons. The first-order valence-electron chi connectivity index (χ1n) is 6.57. The van der Waals surface area contributed by atoms with Crippen LogP contribution < -0.4 is 5.32 Å². The van der Waals surface area contributed by atoms with E-state index in [4.69, 9.17) is 0 Å². The first-order valence-corrected chi connectivity index (χ1v) is 7.45. The lowest BCUT2D eigenvalue weighted by Crippen LogP contribution is -2.26. The number of rotatable bonds is 8. The lowest BCUT2D eigenvalue weighted by atomic mass is 9.86. The van der Waals surface area contributed by atoms with E-state index in [0.717, 1.165) is 19.0 Å². The third kappa shape index (κ3) is 3.91. The van der Waals surface area contributed by atoms with Crippen molar-refractivity contribution in [2.45, 2.75) is 46.0 Å². The number of thiophene rings is 1. The van der Waals surface area contributed by atoms with Crippen LogP contribution in [-0.4, -0.2) is 13.1 Å². The molecule has 0 aromatic carbocycles. The fraction of sp³-hybridized carbons (Fsp3) is 0.714. The zero-order valence-electron chi connectivity index (χ0n) is 10.8. The van der Waals surface area contributed by atoms with Gasteiger partial charge in [0.05, 0.1) is 0 Å². The standard InChI is InChI=1S/C14H25NS/c1-4-9-15-11-13(12(5-2)6-3)14-8-7-10-16-14/h7-8,10,12-13,15H,4-6,9,11H2,1-3H3. The van der Waals surface area contributed by atoms with Crippen molar-refractivity contribution in [3.63, 3.8) is 0 Å². The van der Waals surface area contributed by atoms with Crippen LogP contribution in [0.3, 0.4) is 0 Å². The summed E-state index contributed by atoms with van der Waals surface area (Å²) < 4.78 is 0. The molecule has 2 heteroatoms. The largest absolute Gasteiger partial charge is 0.316 e. The van der Waals surface area contributed by atoms with Crippen molar-refractivity contribution < 1.29 is 0 Å². The zero-order chi connectivity index (χ0) is 11.8. The highest BCUT2D eigenvalue weighted by Gasteiger charge is 2.20. The van der Waals surface area contributed by atoms with E-state index in [-0.39, 0.29) is 0 Å². The molecule has 0 aliphatic rings. The van der Waals surface area contributed by atoms with Gasteiger partial charge in [0.25, 0.3) is 0 Å². The minimum absolute atomic E-state index is 0.710. The molecule has 92 valence electrons. The van der Waals surface area contributed by atoms with Crippen LogP contribution in [0.25, 0.3) is 0 Å². The van der Waals surface area contributed by atoms with Crippen LogP contribution in [0.15, 0.2) is 17.5 Å². The molecular formula is C14H25NS. The molecule has 0 spiro atoms. The molecule has 0 amide bonds. The van der Waals surface area contributed by atoms with Crippen LogP contribution >= 0.6 is 11.3 Å². The minimum atomic E-state index is 0.710. The summed E-state index contributed by atoms with van der Waals surface area (Å²) >= 11 is 1.91. The van der Waals surface area contributed by atoms with Crippen molar-refractivity contribution in [2.75, 3.05) is 13.1 Å². The number of hydrogen-bond donors (Lipinski definition) is 1. The first-order chi connectivity index (χ1) is 7.83. The van der Waals surface area contributed by atoms with Crippen molar-refractivity contribution in [2.24, 2.45) is 5.92 Å². The fourth-order valence-electron chi connectivity index (χ4n) is 2.29. The molecule has 16 heavy (non-hydrogen) atoms. The maximum Gasteiger partial charge on any atom is 0.00916 e. The van der Waals surface area contributed by atoms with E-state index in [1.165, 1.54) is 19.3 Å². The van der Waals surface area contributed by atoms with Gasteiger partial charge in [-0.15, -0.1) is 11.3 Å². The third-order valence-corrected chi connectivity index (χ3v) is 4.32. The molecule has 1 nitrogen and oxygen atoms in total. The summed E-state index contributed by atoms with van der Waals surface area (Å²) in [7, 11) is 0. The lowest BCUT2D eigenvalue weighted by molar-refractivity contribution is 0.384. The van der Waals surface area contributed by atoms with Gasteiger partial charge in [-0.25, -0.2) is 0 Å². The molecule has 1 aromatic heterocycles. The van der Waals surface area contributed by atoms with Gasteiger partial charge in [-0.3, -0.25) is 0 Å². The highest BCUT2D eigenvalue weighted by atomic mass is 32.1. The Bertz CT molecular complexity index is 252. The van der Waals surface area contributed by atoms with Gasteiger partial charge in [-0.2, -0.15) is 0 Å². The molecule has 0 aliphatic heterocycles. The number of nitrogens with one attached hydrogen (secondary N) is 1. The van der Waals surface area contributed by atoms with E-state index in [0.29, 0.717) is 5.92 Å². The van der Waals surface area contributed by atoms with Gasteiger partial charge in [0, 0.05) is 17.3 Å². The quantitative estimate of drug-likeness (QED) is 0.668. The van der Waals surface area contributed by atoms with Crippen molar-refractivity contribution >= 4 is 11.3 Å². The zero-order valence-corrected chi connectivity index (χ0v) is 11.6. The van der Waals surface area contributed by atoms with Gasteiger partial charge >= 0.3 is 0 Å². The van der Waals surface area contributed by atoms with Crippen LogP contribution in [-0.2, 0) is 0 Å². The SMILES string of the molecule is CCCNCC(c1cccs1)C(CC)CC. The topological polar surface area (TPSA) is 12.0 Å². The van der Waals surface area contributed by atoms with E-state index < -0.39 is 0 Å². The predicted octanol–water partition coefficient (Wildman–Crippen LogP) is 4.27. The maximum atomic E-state index is 3.58. The Morgan fingerprint density at radius 2 is 2.00 bits per heavy atom. The smallest absolute Gasteiger partial charge is 0.00916 e. The summed E-state index contributed by atoms with van der Waals surface area (Å²) in [5.74, 6) is 1.53. The van der Waals surface area contributed by atoms with Crippen LogP contribution in [0.2, 0.25) is 0 Å². The van der Waals surface area contributed by atoms with Gasteiger partial charge in [-0.1, -0.05) is 39.7 Å². The van der Waals surface area contributed by atoms with Gasteiger partial charge in [0.1, 0.15) is 0 Å². The van der Waals surface area contributed by atoms with Crippen molar-refractivity contribution in [3.05, 3.63) is 22.4 Å². The molecule has 1 atom stereocenters. The summed E-state index contributed by atoms with van der Waals surface area (Å²) in [4.78, 5) is 1.55. The van der Waals surface area contributed by atoms with E-state index in [2.05, 4.69) is 43.6 Å². The molecule has 0 bridgehead atoms. The monoisotopic (exact) mass is 239 g/mol. The van der Waals surface area contributed by atoms with Gasteiger partial charge in [0.2, 0.25) is 0 Å². The highest BCUT2D eigenvalue weighted by Crippen LogP contribution is 2.31. The van der Waals surface area contributed by atoms with Crippen molar-refractivity contribution in [1.29, 1.82) is 0 Å². The maximum absolute atomic E-state index is 3.58. The second-order valence-electron chi connectivity index (χ2n) is 4.40. The Balaban J connectivity index is 2.61. The molecule has 1 aromatic rings. The molecule has 0 aliphatic carbocycles. The summed E-state index contributed by atoms with van der Waals surface area (Å²) in [5, 5.41) is 5.78. The fourth-order valence-corrected chi connectivity index (χ4v) is 3.22. The van der Waals surface area contributed by atoms with E-state index >= 15 is 0 Å². The highest BCUT2D eigenvalue weighted by molar-refractivity contribution is 7.10. The minimum Gasteiger partial charge on any atom is -0.316 e.